The highest BCUT2D eigenvalue weighted by molar-refractivity contribution is 9.10. The number of halogens is 1. The fraction of sp³-hybridized carbons (Fsp3) is 0.278. The molecule has 1 unspecified atom stereocenters. The Bertz CT molecular complexity index is 799. The van der Waals surface area contributed by atoms with Gasteiger partial charge in [-0.05, 0) is 42.2 Å². The first-order valence-electron chi connectivity index (χ1n) is 8.01. The number of nitrogens with one attached hydrogen (secondary N) is 2. The summed E-state index contributed by atoms with van der Waals surface area (Å²) in [5.41, 5.74) is 2.68. The number of hydrogen-bond acceptors (Lipinski definition) is 4. The van der Waals surface area contributed by atoms with E-state index in [0.717, 1.165) is 22.4 Å². The van der Waals surface area contributed by atoms with Crippen LogP contribution in [0.25, 0.3) is 0 Å². The van der Waals surface area contributed by atoms with Crippen molar-refractivity contribution in [1.82, 2.24) is 25.5 Å². The molecule has 6 heteroatoms. The van der Waals surface area contributed by atoms with Crippen LogP contribution in [0.4, 0.5) is 0 Å². The minimum atomic E-state index is -0.0363. The van der Waals surface area contributed by atoms with Gasteiger partial charge in [0.05, 0.1) is 6.04 Å². The van der Waals surface area contributed by atoms with Gasteiger partial charge in [0, 0.05) is 28.8 Å². The zero-order chi connectivity index (χ0) is 16.4. The second kappa shape index (κ2) is 6.45. The van der Waals surface area contributed by atoms with E-state index in [1.54, 1.807) is 12.5 Å². The van der Waals surface area contributed by atoms with Crippen molar-refractivity contribution in [3.63, 3.8) is 0 Å². The number of aromatic nitrogens is 4. The SMILES string of the molecule is Brc1cccc(C2(CNC(c3cccnc3)c3ncn[nH]3)CC2)c1. The Kier molecular flexibility index (Phi) is 4.16. The van der Waals surface area contributed by atoms with Crippen LogP contribution in [0.5, 0.6) is 0 Å². The zero-order valence-corrected chi connectivity index (χ0v) is 14.7. The Morgan fingerprint density at radius 1 is 1.25 bits per heavy atom. The van der Waals surface area contributed by atoms with Gasteiger partial charge >= 0.3 is 0 Å². The van der Waals surface area contributed by atoms with Gasteiger partial charge in [-0.15, -0.1) is 0 Å². The van der Waals surface area contributed by atoms with Crippen LogP contribution >= 0.6 is 15.9 Å². The molecule has 1 atom stereocenters. The quantitative estimate of drug-likeness (QED) is 0.684. The van der Waals surface area contributed by atoms with Crippen LogP contribution in [-0.4, -0.2) is 26.7 Å². The van der Waals surface area contributed by atoms with Crippen molar-refractivity contribution in [3.05, 3.63) is 76.5 Å². The Hall–Kier alpha value is -2.05. The summed E-state index contributed by atoms with van der Waals surface area (Å²) in [5, 5.41) is 10.6. The number of H-pyrrole nitrogens is 1. The Morgan fingerprint density at radius 3 is 2.83 bits per heavy atom. The molecule has 0 radical (unpaired) electrons. The smallest absolute Gasteiger partial charge is 0.146 e. The van der Waals surface area contributed by atoms with Crippen LogP contribution < -0.4 is 5.32 Å². The summed E-state index contributed by atoms with van der Waals surface area (Å²) in [4.78, 5) is 8.57. The van der Waals surface area contributed by atoms with E-state index < -0.39 is 0 Å². The third-order valence-electron chi connectivity index (χ3n) is 4.66. The van der Waals surface area contributed by atoms with Gasteiger partial charge < -0.3 is 5.32 Å². The molecule has 0 spiro atoms. The van der Waals surface area contributed by atoms with Crippen molar-refractivity contribution < 1.29 is 0 Å². The lowest BCUT2D eigenvalue weighted by Gasteiger charge is -2.22. The minimum Gasteiger partial charge on any atom is -0.303 e. The van der Waals surface area contributed by atoms with E-state index in [-0.39, 0.29) is 11.5 Å². The lowest BCUT2D eigenvalue weighted by atomic mass is 9.95. The molecule has 5 nitrogen and oxygen atoms in total. The monoisotopic (exact) mass is 383 g/mol. The first-order valence-corrected chi connectivity index (χ1v) is 8.81. The molecule has 0 amide bonds. The van der Waals surface area contributed by atoms with Gasteiger partial charge in [-0.1, -0.05) is 34.1 Å². The molecule has 1 aromatic carbocycles. The van der Waals surface area contributed by atoms with Crippen LogP contribution in [0.15, 0.2) is 59.6 Å². The van der Waals surface area contributed by atoms with E-state index in [1.165, 1.54) is 18.4 Å². The molecule has 2 aromatic heterocycles. The van der Waals surface area contributed by atoms with Crippen molar-refractivity contribution >= 4 is 15.9 Å². The second-order valence-electron chi connectivity index (χ2n) is 6.26. The third-order valence-corrected chi connectivity index (χ3v) is 5.15. The molecule has 0 saturated heterocycles. The summed E-state index contributed by atoms with van der Waals surface area (Å²) >= 11 is 3.58. The molecule has 1 aliphatic rings. The first kappa shape index (κ1) is 15.5. The summed E-state index contributed by atoms with van der Waals surface area (Å²) < 4.78 is 1.13. The summed E-state index contributed by atoms with van der Waals surface area (Å²) in [7, 11) is 0. The minimum absolute atomic E-state index is 0.0363. The molecule has 0 bridgehead atoms. The zero-order valence-electron chi connectivity index (χ0n) is 13.1. The van der Waals surface area contributed by atoms with Gasteiger partial charge in [-0.2, -0.15) is 5.10 Å². The van der Waals surface area contributed by atoms with E-state index in [4.69, 9.17) is 0 Å². The first-order chi connectivity index (χ1) is 11.8. The van der Waals surface area contributed by atoms with Crippen molar-refractivity contribution in [2.45, 2.75) is 24.3 Å². The van der Waals surface area contributed by atoms with Crippen molar-refractivity contribution in [1.29, 1.82) is 0 Å². The molecule has 24 heavy (non-hydrogen) atoms. The fourth-order valence-electron chi connectivity index (χ4n) is 3.11. The van der Waals surface area contributed by atoms with Gasteiger partial charge in [-0.3, -0.25) is 10.1 Å². The van der Waals surface area contributed by atoms with Crippen LogP contribution in [0, 0.1) is 0 Å². The summed E-state index contributed by atoms with van der Waals surface area (Å²) in [5.74, 6) is 0.813. The average Bonchev–Trinajstić information content (AvgIpc) is 3.21. The average molecular weight is 384 g/mol. The largest absolute Gasteiger partial charge is 0.303 e. The maximum atomic E-state index is 4.34. The number of rotatable bonds is 6. The van der Waals surface area contributed by atoms with E-state index >= 15 is 0 Å². The van der Waals surface area contributed by atoms with Gasteiger partial charge in [0.25, 0.3) is 0 Å². The molecule has 3 aromatic rings. The van der Waals surface area contributed by atoms with Crippen molar-refractivity contribution in [2.75, 3.05) is 6.54 Å². The lowest BCUT2D eigenvalue weighted by Crippen LogP contribution is -2.32. The van der Waals surface area contributed by atoms with E-state index in [1.807, 2.05) is 12.3 Å². The number of hydrogen-bond donors (Lipinski definition) is 2. The number of pyridine rings is 1. The van der Waals surface area contributed by atoms with E-state index in [0.29, 0.717) is 0 Å². The number of aromatic amines is 1. The van der Waals surface area contributed by atoms with Crippen LogP contribution in [-0.2, 0) is 5.41 Å². The molecule has 1 fully saturated rings. The van der Waals surface area contributed by atoms with Crippen LogP contribution in [0.3, 0.4) is 0 Å². The van der Waals surface area contributed by atoms with Gasteiger partial charge in [0.15, 0.2) is 0 Å². The predicted octanol–water partition coefficient (Wildman–Crippen LogP) is 3.37. The molecule has 1 saturated carbocycles. The fourth-order valence-corrected chi connectivity index (χ4v) is 3.51. The molecule has 2 N–H and O–H groups in total. The van der Waals surface area contributed by atoms with Crippen molar-refractivity contribution in [2.24, 2.45) is 0 Å². The number of nitrogens with zero attached hydrogens (tertiary/aromatic N) is 3. The molecule has 122 valence electrons. The summed E-state index contributed by atoms with van der Waals surface area (Å²) in [6.07, 6.45) is 7.60. The van der Waals surface area contributed by atoms with E-state index in [2.05, 4.69) is 71.7 Å². The topological polar surface area (TPSA) is 66.5 Å². The molecule has 2 heterocycles. The highest BCUT2D eigenvalue weighted by atomic mass is 79.9. The van der Waals surface area contributed by atoms with Crippen LogP contribution in [0.1, 0.15) is 35.8 Å². The molecular weight excluding hydrogens is 366 g/mol. The standard InChI is InChI=1S/C18H18BrN5/c19-15-5-1-4-14(9-15)18(6-7-18)11-21-16(17-22-12-23-24-17)13-3-2-8-20-10-13/h1-5,8-10,12,16,21H,6-7,11H2,(H,22,23,24). The Labute approximate surface area is 149 Å². The molecule has 4 rings (SSSR count). The highest BCUT2D eigenvalue weighted by Crippen LogP contribution is 2.48. The van der Waals surface area contributed by atoms with E-state index in [9.17, 15) is 0 Å². The molecule has 1 aliphatic carbocycles. The second-order valence-corrected chi connectivity index (χ2v) is 7.18. The van der Waals surface area contributed by atoms with Crippen molar-refractivity contribution in [3.8, 4) is 0 Å². The summed E-state index contributed by atoms with van der Waals surface area (Å²) in [6.45, 7) is 0.893. The normalized spacial score (nSPS) is 16.7. The van der Waals surface area contributed by atoms with Gasteiger partial charge in [0.1, 0.15) is 12.2 Å². The summed E-state index contributed by atoms with van der Waals surface area (Å²) in [6, 6.07) is 12.6. The lowest BCUT2D eigenvalue weighted by molar-refractivity contribution is 0.514. The Morgan fingerprint density at radius 2 is 2.17 bits per heavy atom. The highest BCUT2D eigenvalue weighted by Gasteiger charge is 2.44. The third kappa shape index (κ3) is 3.12. The number of benzene rings is 1. The van der Waals surface area contributed by atoms with Gasteiger partial charge in [-0.25, -0.2) is 4.98 Å². The van der Waals surface area contributed by atoms with Gasteiger partial charge in [0.2, 0.25) is 0 Å². The molecular formula is C18H18BrN5. The maximum absolute atomic E-state index is 4.34. The maximum Gasteiger partial charge on any atom is 0.146 e. The predicted molar refractivity (Wildman–Crippen MR) is 95.5 cm³/mol. The Balaban J connectivity index is 1.56. The van der Waals surface area contributed by atoms with Crippen LogP contribution in [0.2, 0.25) is 0 Å². The molecule has 0 aliphatic heterocycles.